The van der Waals surface area contributed by atoms with Crippen LogP contribution in [0.3, 0.4) is 0 Å². The molecule has 0 aromatic heterocycles. The Morgan fingerprint density at radius 3 is 0.934 bits per heavy atom. The molecule has 2 N–H and O–H groups in total. The van der Waals surface area contributed by atoms with Gasteiger partial charge in [-0.15, -0.1) is 11.1 Å². The third-order valence-corrected chi connectivity index (χ3v) is 11.9. The zero-order valence-electron chi connectivity index (χ0n) is 39.1. The quantitative estimate of drug-likeness (QED) is 0.175. The molecule has 6 nitrogen and oxygen atoms in total. The zero-order chi connectivity index (χ0) is 44.0. The van der Waals surface area contributed by atoms with Gasteiger partial charge in [0.25, 0.3) is 0 Å². The first-order valence-corrected chi connectivity index (χ1v) is 21.5. The average molecular weight is 809 g/mol. The number of hydrazine groups is 4. The summed E-state index contributed by atoms with van der Waals surface area (Å²) in [4.78, 5) is 0. The zero-order valence-corrected chi connectivity index (χ0v) is 39.1. The predicted molar refractivity (Wildman–Crippen MR) is 262 cm³/mol. The Bertz CT molecular complexity index is 2600. The molecule has 6 heteroatoms. The van der Waals surface area contributed by atoms with Gasteiger partial charge in [-0.1, -0.05) is 119 Å². The molecule has 0 saturated carbocycles. The molecule has 314 valence electrons. The largest absolute Gasteiger partial charge is 0.263 e. The van der Waals surface area contributed by atoms with Crippen molar-refractivity contribution in [1.82, 2.24) is 11.1 Å². The molecule has 2 aliphatic rings. The molecule has 0 radical (unpaired) electrons. The van der Waals surface area contributed by atoms with Crippen molar-refractivity contribution in [2.75, 3.05) is 20.0 Å². The third kappa shape index (κ3) is 8.61. The smallest absolute Gasteiger partial charge is 0.0852 e. The van der Waals surface area contributed by atoms with E-state index in [1.807, 2.05) is 0 Å². The van der Waals surface area contributed by atoms with Gasteiger partial charge in [0, 0.05) is 23.5 Å². The fraction of sp³-hybridized carbons (Fsp3) is 0.273. The lowest BCUT2D eigenvalue weighted by molar-refractivity contribution is 0.751. The lowest BCUT2D eigenvalue weighted by atomic mass is 9.96. The fourth-order valence-corrected chi connectivity index (χ4v) is 10.0. The van der Waals surface area contributed by atoms with E-state index >= 15 is 0 Å². The highest BCUT2D eigenvalue weighted by Gasteiger charge is 2.31. The molecular weight excluding hydrogens is 745 g/mol. The summed E-state index contributed by atoms with van der Waals surface area (Å²) in [6, 6.07) is 33.1. The SMILES string of the molecule is Cc1cc(C)c(C2=CN(c3c(C)cc(C)cc3C)NN2c2c(C)cc(C)cc2C)c(C)c1.Cc1cc(C)c(N2C=C(c3ccccc3)N(c3c(C)cc(C)cc3C)N2)c(C)c1. The van der Waals surface area contributed by atoms with Crippen molar-refractivity contribution < 1.29 is 0 Å². The molecule has 2 heterocycles. The van der Waals surface area contributed by atoms with Crippen LogP contribution < -0.4 is 31.1 Å². The second-order valence-electron chi connectivity index (χ2n) is 17.8. The van der Waals surface area contributed by atoms with E-state index in [0.717, 1.165) is 5.70 Å². The maximum absolute atomic E-state index is 3.72. The maximum Gasteiger partial charge on any atom is 0.0852 e. The summed E-state index contributed by atoms with van der Waals surface area (Å²) >= 11 is 0. The second kappa shape index (κ2) is 17.1. The first kappa shape index (κ1) is 43.0. The highest BCUT2D eigenvalue weighted by atomic mass is 15.8. The number of rotatable bonds is 6. The average Bonchev–Trinajstić information content (AvgIpc) is 3.75. The minimum atomic E-state index is 1.14. The molecule has 6 aromatic rings. The third-order valence-electron chi connectivity index (χ3n) is 11.9. The molecule has 0 atom stereocenters. The lowest BCUT2D eigenvalue weighted by Gasteiger charge is -2.30. The molecule has 61 heavy (non-hydrogen) atoms. The van der Waals surface area contributed by atoms with Crippen LogP contribution in [0.15, 0.2) is 103 Å². The predicted octanol–water partition coefficient (Wildman–Crippen LogP) is 13.5. The van der Waals surface area contributed by atoms with E-state index < -0.39 is 0 Å². The Hall–Kier alpha value is -6.08. The first-order chi connectivity index (χ1) is 28.9. The van der Waals surface area contributed by atoms with Crippen LogP contribution in [-0.4, -0.2) is 0 Å². The number of nitrogens with zero attached hydrogens (tertiary/aromatic N) is 4. The summed E-state index contributed by atoms with van der Waals surface area (Å²) in [6.45, 7) is 32.7. The van der Waals surface area contributed by atoms with Gasteiger partial charge in [-0.3, -0.25) is 20.0 Å². The van der Waals surface area contributed by atoms with Gasteiger partial charge in [0.15, 0.2) is 0 Å². The van der Waals surface area contributed by atoms with E-state index in [1.54, 1.807) is 0 Å². The number of benzene rings is 6. The Morgan fingerprint density at radius 1 is 0.311 bits per heavy atom. The molecule has 8 rings (SSSR count). The van der Waals surface area contributed by atoms with Gasteiger partial charge in [0.1, 0.15) is 0 Å². The molecule has 2 aliphatic heterocycles. The second-order valence-corrected chi connectivity index (χ2v) is 17.8. The van der Waals surface area contributed by atoms with Crippen molar-refractivity contribution in [3.05, 3.63) is 198 Å². The monoisotopic (exact) mass is 809 g/mol. The molecule has 0 spiro atoms. The molecule has 0 bridgehead atoms. The van der Waals surface area contributed by atoms with Gasteiger partial charge < -0.3 is 0 Å². The Labute approximate surface area is 365 Å². The lowest BCUT2D eigenvalue weighted by Crippen LogP contribution is -2.42. The van der Waals surface area contributed by atoms with E-state index in [9.17, 15) is 0 Å². The number of anilines is 4. The number of aryl methyl sites for hydroxylation is 15. The van der Waals surface area contributed by atoms with Gasteiger partial charge in [0.05, 0.1) is 34.1 Å². The van der Waals surface area contributed by atoms with Crippen LogP contribution in [0.4, 0.5) is 22.7 Å². The normalized spacial score (nSPS) is 13.8. The summed E-state index contributed by atoms with van der Waals surface area (Å²) < 4.78 is 0. The highest BCUT2D eigenvalue weighted by Crippen LogP contribution is 2.40. The molecule has 6 aromatic carbocycles. The van der Waals surface area contributed by atoms with E-state index in [4.69, 9.17) is 0 Å². The van der Waals surface area contributed by atoms with Crippen LogP contribution in [0.5, 0.6) is 0 Å². The summed E-state index contributed by atoms with van der Waals surface area (Å²) in [5.41, 5.74) is 36.1. The molecule has 0 amide bonds. The summed E-state index contributed by atoms with van der Waals surface area (Å²) in [5.74, 6) is 0. The van der Waals surface area contributed by atoms with Crippen LogP contribution in [-0.2, 0) is 0 Å². The fourth-order valence-electron chi connectivity index (χ4n) is 10.0. The number of nitrogens with one attached hydrogen (secondary N) is 2. The Morgan fingerprint density at radius 2 is 0.590 bits per heavy atom. The van der Waals surface area contributed by atoms with Crippen molar-refractivity contribution in [1.29, 1.82) is 0 Å². The van der Waals surface area contributed by atoms with E-state index in [-0.39, 0.29) is 0 Å². The van der Waals surface area contributed by atoms with Crippen molar-refractivity contribution in [2.24, 2.45) is 0 Å². The van der Waals surface area contributed by atoms with Crippen LogP contribution in [0, 0.1) is 104 Å². The molecular formula is C55H64N6. The molecule has 0 unspecified atom stereocenters. The minimum absolute atomic E-state index is 1.14. The minimum Gasteiger partial charge on any atom is -0.263 e. The molecule has 0 saturated heterocycles. The standard InChI is InChI=1S/C29H35N3.C26H29N3/c1-17-10-20(4)27(21(5)11-17)26-16-31(28-22(6)12-18(2)13-23(28)7)30-32(26)29-24(8)14-19(3)15-25(29)9;1-17-12-19(3)25(20(4)13-17)28-16-24(23-10-8-7-9-11-23)29(27-28)26-21(5)14-18(2)15-22(26)6/h10-16,30H,1-9H3;7-16,27H,1-6H3. The van der Waals surface area contributed by atoms with Gasteiger partial charge in [-0.25, -0.2) is 0 Å². The maximum atomic E-state index is 3.72. The van der Waals surface area contributed by atoms with Gasteiger partial charge in [0.2, 0.25) is 0 Å². The van der Waals surface area contributed by atoms with Crippen LogP contribution in [0.1, 0.15) is 94.6 Å². The van der Waals surface area contributed by atoms with Gasteiger partial charge >= 0.3 is 0 Å². The van der Waals surface area contributed by atoms with E-state index in [2.05, 4.69) is 238 Å². The van der Waals surface area contributed by atoms with Crippen molar-refractivity contribution >= 4 is 34.1 Å². The van der Waals surface area contributed by atoms with Crippen LogP contribution in [0.2, 0.25) is 0 Å². The molecule has 0 fully saturated rings. The Balaban J connectivity index is 0.000000185. The summed E-state index contributed by atoms with van der Waals surface area (Å²) in [5, 5.41) is 8.84. The van der Waals surface area contributed by atoms with E-state index in [0.29, 0.717) is 0 Å². The molecule has 0 aliphatic carbocycles. The number of hydrogen-bond acceptors (Lipinski definition) is 6. The van der Waals surface area contributed by atoms with Crippen LogP contribution >= 0.6 is 0 Å². The Kier molecular flexibility index (Phi) is 12.1. The van der Waals surface area contributed by atoms with Crippen LogP contribution in [0.25, 0.3) is 11.4 Å². The highest BCUT2D eigenvalue weighted by molar-refractivity contribution is 5.89. The topological polar surface area (TPSA) is 37.0 Å². The van der Waals surface area contributed by atoms with Gasteiger partial charge in [-0.05, 0) is 159 Å². The summed E-state index contributed by atoms with van der Waals surface area (Å²) in [6.07, 6.45) is 4.47. The van der Waals surface area contributed by atoms with Crippen molar-refractivity contribution in [3.8, 4) is 0 Å². The van der Waals surface area contributed by atoms with Crippen molar-refractivity contribution in [2.45, 2.75) is 104 Å². The van der Waals surface area contributed by atoms with Gasteiger partial charge in [-0.2, -0.15) is 0 Å². The van der Waals surface area contributed by atoms with Crippen molar-refractivity contribution in [3.63, 3.8) is 0 Å². The number of hydrogen-bond donors (Lipinski definition) is 2. The van der Waals surface area contributed by atoms with E-state index in [1.165, 1.54) is 123 Å². The summed E-state index contributed by atoms with van der Waals surface area (Å²) in [7, 11) is 0. The first-order valence-electron chi connectivity index (χ1n) is 21.5.